The molecule has 1 aliphatic rings. The van der Waals surface area contributed by atoms with Gasteiger partial charge >= 0.3 is 0 Å². The monoisotopic (exact) mass is 410 g/mol. The maximum absolute atomic E-state index is 4.31. The summed E-state index contributed by atoms with van der Waals surface area (Å²) in [5, 5.41) is 6.87. The van der Waals surface area contributed by atoms with Crippen molar-refractivity contribution in [2.24, 2.45) is 12.0 Å². The van der Waals surface area contributed by atoms with Crippen LogP contribution in [0.2, 0.25) is 0 Å². The fourth-order valence-electron chi connectivity index (χ4n) is 2.64. The van der Waals surface area contributed by atoms with Gasteiger partial charge in [-0.15, -0.1) is 24.0 Å². The number of hydrogen-bond acceptors (Lipinski definition) is 1. The molecule has 1 heterocycles. The average molecular weight is 410 g/mol. The second-order valence-corrected chi connectivity index (χ2v) is 5.61. The fourth-order valence-corrected chi connectivity index (χ4v) is 2.64. The van der Waals surface area contributed by atoms with Crippen LogP contribution in [-0.2, 0) is 13.6 Å². The zero-order chi connectivity index (χ0) is 14.7. The van der Waals surface area contributed by atoms with Crippen molar-refractivity contribution in [3.05, 3.63) is 59.9 Å². The van der Waals surface area contributed by atoms with Gasteiger partial charge in [0.25, 0.3) is 0 Å². The van der Waals surface area contributed by atoms with E-state index in [2.05, 4.69) is 69.0 Å². The van der Waals surface area contributed by atoms with Gasteiger partial charge in [-0.2, -0.15) is 0 Å². The van der Waals surface area contributed by atoms with E-state index in [-0.39, 0.29) is 24.0 Å². The molecule has 3 rings (SSSR count). The smallest absolute Gasteiger partial charge is 0.191 e. The average Bonchev–Trinajstić information content (AvgIpc) is 3.17. The summed E-state index contributed by atoms with van der Waals surface area (Å²) in [7, 11) is 3.85. The van der Waals surface area contributed by atoms with Crippen molar-refractivity contribution in [2.75, 3.05) is 7.05 Å². The first-order chi connectivity index (χ1) is 10.3. The van der Waals surface area contributed by atoms with Crippen LogP contribution < -0.4 is 10.6 Å². The van der Waals surface area contributed by atoms with E-state index in [4.69, 9.17) is 0 Å². The van der Waals surface area contributed by atoms with Crippen LogP contribution >= 0.6 is 24.0 Å². The Morgan fingerprint density at radius 3 is 2.68 bits per heavy atom. The standard InChI is InChI=1S/C17H22N4.HI/c1-18-17(19-11-13-8-9-21(2)12-13)20-16-10-15(16)14-6-4-3-5-7-14;/h3-9,12,15-16H,10-11H2,1-2H3,(H2,18,19,20);1H. The number of aliphatic imine (C=N–C) groups is 1. The van der Waals surface area contributed by atoms with E-state index in [1.54, 1.807) is 0 Å². The highest BCUT2D eigenvalue weighted by Crippen LogP contribution is 2.40. The maximum Gasteiger partial charge on any atom is 0.191 e. The summed E-state index contributed by atoms with van der Waals surface area (Å²) in [5.41, 5.74) is 2.67. The Labute approximate surface area is 149 Å². The molecule has 1 aliphatic carbocycles. The molecule has 2 atom stereocenters. The lowest BCUT2D eigenvalue weighted by atomic mass is 10.1. The quantitative estimate of drug-likeness (QED) is 0.463. The molecular formula is C17H23IN4. The van der Waals surface area contributed by atoms with Crippen LogP contribution in [-0.4, -0.2) is 23.6 Å². The summed E-state index contributed by atoms with van der Waals surface area (Å²) < 4.78 is 2.06. The van der Waals surface area contributed by atoms with Gasteiger partial charge in [0.2, 0.25) is 0 Å². The molecule has 4 nitrogen and oxygen atoms in total. The highest BCUT2D eigenvalue weighted by atomic mass is 127. The van der Waals surface area contributed by atoms with Crippen LogP contribution in [0.1, 0.15) is 23.5 Å². The van der Waals surface area contributed by atoms with Gasteiger partial charge in [0.1, 0.15) is 0 Å². The van der Waals surface area contributed by atoms with Crippen molar-refractivity contribution >= 4 is 29.9 Å². The molecule has 0 aliphatic heterocycles. The van der Waals surface area contributed by atoms with E-state index in [1.165, 1.54) is 17.5 Å². The number of rotatable bonds is 4. The Balaban J connectivity index is 0.00000176. The largest absolute Gasteiger partial charge is 0.357 e. The summed E-state index contributed by atoms with van der Waals surface area (Å²) in [5.74, 6) is 1.49. The molecule has 0 bridgehead atoms. The number of benzene rings is 1. The van der Waals surface area contributed by atoms with Crippen LogP contribution in [0.4, 0.5) is 0 Å². The van der Waals surface area contributed by atoms with Crippen LogP contribution in [0.3, 0.4) is 0 Å². The summed E-state index contributed by atoms with van der Waals surface area (Å²) in [6.45, 7) is 0.795. The molecule has 2 aromatic rings. The number of halogens is 1. The van der Waals surface area contributed by atoms with Crippen LogP contribution in [0, 0.1) is 0 Å². The summed E-state index contributed by atoms with van der Waals surface area (Å²) in [6.07, 6.45) is 5.35. The lowest BCUT2D eigenvalue weighted by Crippen LogP contribution is -2.38. The second kappa shape index (κ2) is 7.67. The highest BCUT2D eigenvalue weighted by molar-refractivity contribution is 14.0. The molecule has 1 saturated carbocycles. The first-order valence-electron chi connectivity index (χ1n) is 7.39. The molecule has 0 amide bonds. The summed E-state index contributed by atoms with van der Waals surface area (Å²) in [6, 6.07) is 13.3. The van der Waals surface area contributed by atoms with Gasteiger partial charge in [0.15, 0.2) is 5.96 Å². The van der Waals surface area contributed by atoms with Crippen LogP contribution in [0.25, 0.3) is 0 Å². The molecule has 1 aromatic carbocycles. The third kappa shape index (κ3) is 4.25. The molecule has 1 fully saturated rings. The van der Waals surface area contributed by atoms with Gasteiger partial charge < -0.3 is 15.2 Å². The van der Waals surface area contributed by atoms with E-state index in [1.807, 2.05) is 14.1 Å². The number of aryl methyl sites for hydroxylation is 1. The van der Waals surface area contributed by atoms with Crippen LogP contribution in [0.5, 0.6) is 0 Å². The van der Waals surface area contributed by atoms with E-state index >= 15 is 0 Å². The first-order valence-corrected chi connectivity index (χ1v) is 7.39. The first kappa shape index (κ1) is 16.9. The Kier molecular flexibility index (Phi) is 5.88. The minimum atomic E-state index is 0. The van der Waals surface area contributed by atoms with Crippen molar-refractivity contribution < 1.29 is 0 Å². The van der Waals surface area contributed by atoms with Crippen molar-refractivity contribution in [3.8, 4) is 0 Å². The van der Waals surface area contributed by atoms with Gasteiger partial charge in [-0.25, -0.2) is 0 Å². The van der Waals surface area contributed by atoms with Gasteiger partial charge in [-0.05, 0) is 23.6 Å². The topological polar surface area (TPSA) is 41.4 Å². The van der Waals surface area contributed by atoms with Crippen LogP contribution in [0.15, 0.2) is 53.8 Å². The van der Waals surface area contributed by atoms with E-state index < -0.39 is 0 Å². The maximum atomic E-state index is 4.31. The van der Waals surface area contributed by atoms with Gasteiger partial charge in [-0.3, -0.25) is 4.99 Å². The minimum Gasteiger partial charge on any atom is -0.357 e. The molecule has 0 spiro atoms. The summed E-state index contributed by atoms with van der Waals surface area (Å²) >= 11 is 0. The minimum absolute atomic E-state index is 0. The molecule has 5 heteroatoms. The van der Waals surface area contributed by atoms with Gasteiger partial charge in [0, 0.05) is 45.0 Å². The normalized spacial score (nSPS) is 20.2. The second-order valence-electron chi connectivity index (χ2n) is 5.61. The molecule has 0 radical (unpaired) electrons. The molecule has 0 saturated heterocycles. The number of guanidine groups is 1. The third-order valence-corrected chi connectivity index (χ3v) is 3.92. The van der Waals surface area contributed by atoms with E-state index in [0.29, 0.717) is 12.0 Å². The number of aromatic nitrogens is 1. The Bertz CT molecular complexity index is 621. The predicted molar refractivity (Wildman–Crippen MR) is 102 cm³/mol. The zero-order valence-electron chi connectivity index (χ0n) is 13.0. The van der Waals surface area contributed by atoms with Gasteiger partial charge in [-0.1, -0.05) is 30.3 Å². The third-order valence-electron chi connectivity index (χ3n) is 3.92. The molecule has 22 heavy (non-hydrogen) atoms. The highest BCUT2D eigenvalue weighted by Gasteiger charge is 2.38. The number of nitrogens with zero attached hydrogens (tertiary/aromatic N) is 2. The van der Waals surface area contributed by atoms with E-state index in [0.717, 1.165) is 12.5 Å². The molecule has 2 unspecified atom stereocenters. The van der Waals surface area contributed by atoms with Gasteiger partial charge in [0.05, 0.1) is 0 Å². The lowest BCUT2D eigenvalue weighted by molar-refractivity contribution is 0.788. The molecule has 1 aromatic heterocycles. The number of hydrogen-bond donors (Lipinski definition) is 2. The summed E-state index contributed by atoms with van der Waals surface area (Å²) in [4.78, 5) is 4.31. The Morgan fingerprint density at radius 2 is 2.05 bits per heavy atom. The van der Waals surface area contributed by atoms with E-state index in [9.17, 15) is 0 Å². The van der Waals surface area contributed by atoms with Crippen molar-refractivity contribution in [1.82, 2.24) is 15.2 Å². The predicted octanol–water partition coefficient (Wildman–Crippen LogP) is 2.86. The molecule has 118 valence electrons. The Morgan fingerprint density at radius 1 is 1.27 bits per heavy atom. The zero-order valence-corrected chi connectivity index (χ0v) is 15.3. The van der Waals surface area contributed by atoms with Crippen molar-refractivity contribution in [1.29, 1.82) is 0 Å². The molecular weight excluding hydrogens is 387 g/mol. The van der Waals surface area contributed by atoms with Crippen molar-refractivity contribution in [2.45, 2.75) is 24.9 Å². The Hall–Kier alpha value is -1.50. The SMILES string of the molecule is CN=C(NCc1ccn(C)c1)NC1CC1c1ccccc1.I. The molecule has 2 N–H and O–H groups in total. The lowest BCUT2D eigenvalue weighted by Gasteiger charge is -2.11. The van der Waals surface area contributed by atoms with Crippen molar-refractivity contribution in [3.63, 3.8) is 0 Å². The fraction of sp³-hybridized carbons (Fsp3) is 0.353. The number of nitrogens with one attached hydrogen (secondary N) is 2.